The van der Waals surface area contributed by atoms with Crippen molar-refractivity contribution in [3.05, 3.63) is 46.5 Å². The van der Waals surface area contributed by atoms with Gasteiger partial charge in [-0.15, -0.1) is 0 Å². The van der Waals surface area contributed by atoms with Gasteiger partial charge >= 0.3 is 0 Å². The van der Waals surface area contributed by atoms with Crippen LogP contribution in [-0.2, 0) is 6.54 Å². The zero-order chi connectivity index (χ0) is 15.2. The van der Waals surface area contributed by atoms with Crippen molar-refractivity contribution in [2.24, 2.45) is 0 Å². The van der Waals surface area contributed by atoms with Gasteiger partial charge in [0.15, 0.2) is 0 Å². The molecule has 4 nitrogen and oxygen atoms in total. The fourth-order valence-corrected chi connectivity index (χ4v) is 2.75. The molecule has 2 aromatic rings. The van der Waals surface area contributed by atoms with Crippen LogP contribution in [0, 0.1) is 6.92 Å². The molecule has 0 amide bonds. The molecule has 1 N–H and O–H groups in total. The largest absolute Gasteiger partial charge is 0.305 e. The SMILES string of the molecule is CCCNC(c1ccncc1C)c1c(Cl)cnn1CCC. The van der Waals surface area contributed by atoms with Gasteiger partial charge in [0, 0.05) is 18.9 Å². The molecule has 0 aromatic carbocycles. The number of rotatable bonds is 7. The summed E-state index contributed by atoms with van der Waals surface area (Å²) in [5, 5.41) is 8.73. The molecule has 21 heavy (non-hydrogen) atoms. The molecule has 2 aromatic heterocycles. The van der Waals surface area contributed by atoms with Crippen LogP contribution in [0.5, 0.6) is 0 Å². The second-order valence-corrected chi connectivity index (χ2v) is 5.63. The topological polar surface area (TPSA) is 42.7 Å². The second-order valence-electron chi connectivity index (χ2n) is 5.22. The predicted molar refractivity (Wildman–Crippen MR) is 86.6 cm³/mol. The van der Waals surface area contributed by atoms with Gasteiger partial charge in [0.1, 0.15) is 0 Å². The Bertz CT molecular complexity index is 579. The van der Waals surface area contributed by atoms with Crippen LogP contribution in [0.4, 0.5) is 0 Å². The molecule has 0 bridgehead atoms. The first-order chi connectivity index (χ1) is 10.2. The van der Waals surface area contributed by atoms with E-state index in [0.717, 1.165) is 37.2 Å². The van der Waals surface area contributed by atoms with Crippen molar-refractivity contribution in [3.63, 3.8) is 0 Å². The number of aryl methyl sites for hydroxylation is 2. The van der Waals surface area contributed by atoms with Gasteiger partial charge < -0.3 is 5.32 Å². The lowest BCUT2D eigenvalue weighted by Gasteiger charge is -2.22. The molecule has 1 unspecified atom stereocenters. The first-order valence-electron chi connectivity index (χ1n) is 7.54. The molecule has 114 valence electrons. The van der Waals surface area contributed by atoms with Crippen LogP contribution in [0.15, 0.2) is 24.7 Å². The summed E-state index contributed by atoms with van der Waals surface area (Å²) < 4.78 is 2.01. The summed E-state index contributed by atoms with van der Waals surface area (Å²) in [5.74, 6) is 0. The quantitative estimate of drug-likeness (QED) is 0.847. The number of pyridine rings is 1. The van der Waals surface area contributed by atoms with Gasteiger partial charge in [-0.3, -0.25) is 9.67 Å². The molecule has 2 rings (SSSR count). The molecule has 0 spiro atoms. The second kappa shape index (κ2) is 7.57. The number of hydrogen-bond acceptors (Lipinski definition) is 3. The summed E-state index contributed by atoms with van der Waals surface area (Å²) in [6.07, 6.45) is 7.56. The van der Waals surface area contributed by atoms with E-state index in [2.05, 4.69) is 42.2 Å². The zero-order valence-corrected chi connectivity index (χ0v) is 13.7. The Labute approximate surface area is 131 Å². The summed E-state index contributed by atoms with van der Waals surface area (Å²) in [7, 11) is 0. The first kappa shape index (κ1) is 16.0. The van der Waals surface area contributed by atoms with Crippen molar-refractivity contribution in [1.29, 1.82) is 0 Å². The molecular weight excluding hydrogens is 284 g/mol. The lowest BCUT2D eigenvalue weighted by Crippen LogP contribution is -2.27. The van der Waals surface area contributed by atoms with Crippen LogP contribution in [0.25, 0.3) is 0 Å². The average Bonchev–Trinajstić information content (AvgIpc) is 2.83. The lowest BCUT2D eigenvalue weighted by molar-refractivity contribution is 0.510. The van der Waals surface area contributed by atoms with E-state index in [4.69, 9.17) is 11.6 Å². The fourth-order valence-electron chi connectivity index (χ4n) is 2.50. The first-order valence-corrected chi connectivity index (χ1v) is 7.91. The number of halogens is 1. The third-order valence-corrected chi connectivity index (χ3v) is 3.81. The molecule has 2 heterocycles. The minimum absolute atomic E-state index is 0.0505. The minimum Gasteiger partial charge on any atom is -0.305 e. The number of nitrogens with one attached hydrogen (secondary N) is 1. The molecule has 0 aliphatic heterocycles. The van der Waals surface area contributed by atoms with E-state index in [1.54, 1.807) is 6.20 Å². The van der Waals surface area contributed by atoms with Crippen LogP contribution in [0.3, 0.4) is 0 Å². The zero-order valence-electron chi connectivity index (χ0n) is 12.9. The Morgan fingerprint density at radius 1 is 1.29 bits per heavy atom. The van der Waals surface area contributed by atoms with Crippen LogP contribution in [0.2, 0.25) is 5.02 Å². The van der Waals surface area contributed by atoms with E-state index in [-0.39, 0.29) is 6.04 Å². The van der Waals surface area contributed by atoms with Gasteiger partial charge in [-0.25, -0.2) is 0 Å². The summed E-state index contributed by atoms with van der Waals surface area (Å²) in [6, 6.07) is 2.11. The van der Waals surface area contributed by atoms with Gasteiger partial charge in [-0.1, -0.05) is 25.4 Å². The van der Waals surface area contributed by atoms with Crippen molar-refractivity contribution in [1.82, 2.24) is 20.1 Å². The lowest BCUT2D eigenvalue weighted by atomic mass is 10.00. The summed E-state index contributed by atoms with van der Waals surface area (Å²) in [4.78, 5) is 4.19. The van der Waals surface area contributed by atoms with E-state index >= 15 is 0 Å². The Balaban J connectivity index is 2.45. The van der Waals surface area contributed by atoms with E-state index in [0.29, 0.717) is 5.02 Å². The normalized spacial score (nSPS) is 12.6. The summed E-state index contributed by atoms with van der Waals surface area (Å²) in [5.41, 5.74) is 3.41. The van der Waals surface area contributed by atoms with Gasteiger partial charge in [-0.05, 0) is 43.5 Å². The van der Waals surface area contributed by atoms with E-state index in [9.17, 15) is 0 Å². The molecule has 0 saturated carbocycles. The smallest absolute Gasteiger partial charge is 0.0837 e. The summed E-state index contributed by atoms with van der Waals surface area (Å²) in [6.45, 7) is 8.19. The van der Waals surface area contributed by atoms with Crippen LogP contribution in [0.1, 0.15) is 49.6 Å². The van der Waals surface area contributed by atoms with Crippen molar-refractivity contribution >= 4 is 11.6 Å². The highest BCUT2D eigenvalue weighted by Crippen LogP contribution is 2.30. The third kappa shape index (κ3) is 3.63. The van der Waals surface area contributed by atoms with Gasteiger partial charge in [0.25, 0.3) is 0 Å². The highest BCUT2D eigenvalue weighted by Gasteiger charge is 2.22. The van der Waals surface area contributed by atoms with Crippen molar-refractivity contribution in [2.75, 3.05) is 6.54 Å². The third-order valence-electron chi connectivity index (χ3n) is 3.52. The molecule has 0 saturated heterocycles. The van der Waals surface area contributed by atoms with Gasteiger partial charge in [0.05, 0.1) is 23.0 Å². The molecule has 0 radical (unpaired) electrons. The van der Waals surface area contributed by atoms with E-state index < -0.39 is 0 Å². The maximum absolute atomic E-state index is 6.42. The average molecular weight is 307 g/mol. The Morgan fingerprint density at radius 2 is 2.10 bits per heavy atom. The van der Waals surface area contributed by atoms with Crippen LogP contribution in [-0.4, -0.2) is 21.3 Å². The van der Waals surface area contributed by atoms with Crippen LogP contribution < -0.4 is 5.32 Å². The highest BCUT2D eigenvalue weighted by atomic mass is 35.5. The van der Waals surface area contributed by atoms with Crippen molar-refractivity contribution < 1.29 is 0 Å². The maximum Gasteiger partial charge on any atom is 0.0837 e. The Hall–Kier alpha value is -1.39. The van der Waals surface area contributed by atoms with Gasteiger partial charge in [-0.2, -0.15) is 5.10 Å². The molecule has 0 aliphatic carbocycles. The van der Waals surface area contributed by atoms with E-state index in [1.165, 1.54) is 5.56 Å². The Morgan fingerprint density at radius 3 is 2.76 bits per heavy atom. The molecule has 1 atom stereocenters. The number of nitrogens with zero attached hydrogens (tertiary/aromatic N) is 3. The van der Waals surface area contributed by atoms with Crippen LogP contribution >= 0.6 is 11.6 Å². The van der Waals surface area contributed by atoms with Crippen molar-refractivity contribution in [2.45, 2.75) is 46.2 Å². The molecular formula is C16H23ClN4. The Kier molecular flexibility index (Phi) is 5.76. The molecule has 0 aliphatic rings. The number of aromatic nitrogens is 3. The maximum atomic E-state index is 6.42. The van der Waals surface area contributed by atoms with E-state index in [1.807, 2.05) is 17.1 Å². The molecule has 0 fully saturated rings. The van der Waals surface area contributed by atoms with Gasteiger partial charge in [0.2, 0.25) is 0 Å². The minimum atomic E-state index is 0.0505. The summed E-state index contributed by atoms with van der Waals surface area (Å²) >= 11 is 6.42. The predicted octanol–water partition coefficient (Wildman–Crippen LogP) is 3.74. The van der Waals surface area contributed by atoms with Crippen molar-refractivity contribution in [3.8, 4) is 0 Å². The number of hydrogen-bond donors (Lipinski definition) is 1. The standard InChI is InChI=1S/C16H23ClN4/c1-4-7-19-15(13-6-8-18-10-12(13)3)16-14(17)11-20-21(16)9-5-2/h6,8,10-11,15,19H,4-5,7,9H2,1-3H3. The monoisotopic (exact) mass is 306 g/mol. The fraction of sp³-hybridized carbons (Fsp3) is 0.500. The highest BCUT2D eigenvalue weighted by molar-refractivity contribution is 6.31. The molecule has 5 heteroatoms.